The highest BCUT2D eigenvalue weighted by molar-refractivity contribution is 7.80. The summed E-state index contributed by atoms with van der Waals surface area (Å²) < 4.78 is 0. The van der Waals surface area contributed by atoms with E-state index in [1.807, 2.05) is 31.1 Å². The lowest BCUT2D eigenvalue weighted by Crippen LogP contribution is -2.36. The van der Waals surface area contributed by atoms with E-state index in [0.29, 0.717) is 0 Å². The van der Waals surface area contributed by atoms with Crippen LogP contribution in [-0.4, -0.2) is 29.1 Å². The predicted molar refractivity (Wildman–Crippen MR) is 62.1 cm³/mol. The van der Waals surface area contributed by atoms with Crippen molar-refractivity contribution in [2.75, 3.05) is 14.1 Å². The van der Waals surface area contributed by atoms with Crippen molar-refractivity contribution in [3.63, 3.8) is 0 Å². The van der Waals surface area contributed by atoms with Crippen LogP contribution in [0.25, 0.3) is 0 Å². The smallest absolute Gasteiger partial charge is 0.168 e. The van der Waals surface area contributed by atoms with Crippen molar-refractivity contribution in [2.24, 2.45) is 0 Å². The van der Waals surface area contributed by atoms with Crippen molar-refractivity contribution in [3.05, 3.63) is 30.1 Å². The van der Waals surface area contributed by atoms with Gasteiger partial charge in [0.2, 0.25) is 0 Å². The summed E-state index contributed by atoms with van der Waals surface area (Å²) >= 11 is 5.15. The number of thiocarbonyl (C=S) groups is 1. The molecular formula is C10H15N3S. The van der Waals surface area contributed by atoms with Crippen molar-refractivity contribution in [1.82, 2.24) is 15.2 Å². The maximum Gasteiger partial charge on any atom is 0.168 e. The van der Waals surface area contributed by atoms with E-state index in [-0.39, 0.29) is 6.04 Å². The van der Waals surface area contributed by atoms with Gasteiger partial charge in [-0.25, -0.2) is 0 Å². The average molecular weight is 209 g/mol. The molecule has 0 aliphatic heterocycles. The SMILES string of the molecule is CNC(=S)N(C)C(C)c1ccncc1. The first-order valence-electron chi connectivity index (χ1n) is 4.51. The van der Waals surface area contributed by atoms with Gasteiger partial charge in [0.25, 0.3) is 0 Å². The van der Waals surface area contributed by atoms with Crippen LogP contribution in [0.3, 0.4) is 0 Å². The van der Waals surface area contributed by atoms with Gasteiger partial charge < -0.3 is 10.2 Å². The van der Waals surface area contributed by atoms with Gasteiger partial charge in [-0.1, -0.05) is 0 Å². The summed E-state index contributed by atoms with van der Waals surface area (Å²) in [5.41, 5.74) is 1.21. The molecule has 0 saturated heterocycles. The van der Waals surface area contributed by atoms with Gasteiger partial charge in [-0.05, 0) is 36.8 Å². The van der Waals surface area contributed by atoms with E-state index in [1.165, 1.54) is 5.56 Å². The molecule has 76 valence electrons. The zero-order valence-electron chi connectivity index (χ0n) is 8.69. The van der Waals surface area contributed by atoms with Crippen LogP contribution in [0.1, 0.15) is 18.5 Å². The summed E-state index contributed by atoms with van der Waals surface area (Å²) in [6.07, 6.45) is 3.59. The normalized spacial score (nSPS) is 11.9. The molecule has 4 heteroatoms. The Hall–Kier alpha value is -1.16. The van der Waals surface area contributed by atoms with E-state index in [2.05, 4.69) is 17.2 Å². The lowest BCUT2D eigenvalue weighted by Gasteiger charge is -2.27. The third-order valence-corrected chi connectivity index (χ3v) is 2.80. The van der Waals surface area contributed by atoms with Crippen molar-refractivity contribution >= 4 is 17.3 Å². The van der Waals surface area contributed by atoms with Crippen molar-refractivity contribution in [3.8, 4) is 0 Å². The third kappa shape index (κ3) is 2.42. The second-order valence-corrected chi connectivity index (χ2v) is 3.51. The Balaban J connectivity index is 2.75. The van der Waals surface area contributed by atoms with E-state index >= 15 is 0 Å². The molecule has 14 heavy (non-hydrogen) atoms. The summed E-state index contributed by atoms with van der Waals surface area (Å²) in [6.45, 7) is 2.11. The van der Waals surface area contributed by atoms with Crippen LogP contribution in [0, 0.1) is 0 Å². The predicted octanol–water partition coefficient (Wildman–Crippen LogP) is 1.58. The molecule has 1 unspecified atom stereocenters. The fourth-order valence-electron chi connectivity index (χ4n) is 1.22. The standard InChI is InChI=1S/C10H15N3S/c1-8(13(3)10(14)11-2)9-4-6-12-7-5-9/h4-8H,1-3H3,(H,11,14). The maximum atomic E-state index is 5.15. The third-order valence-electron chi connectivity index (χ3n) is 2.30. The van der Waals surface area contributed by atoms with Crippen molar-refractivity contribution in [2.45, 2.75) is 13.0 Å². The molecule has 1 heterocycles. The molecule has 0 saturated carbocycles. The van der Waals surface area contributed by atoms with Gasteiger partial charge in [0.05, 0.1) is 6.04 Å². The van der Waals surface area contributed by atoms with Crippen LogP contribution in [0.2, 0.25) is 0 Å². The molecule has 0 aliphatic rings. The van der Waals surface area contributed by atoms with Crippen LogP contribution in [-0.2, 0) is 0 Å². The van der Waals surface area contributed by atoms with Crippen LogP contribution in [0.4, 0.5) is 0 Å². The number of nitrogens with one attached hydrogen (secondary N) is 1. The maximum absolute atomic E-state index is 5.15. The van der Waals surface area contributed by atoms with E-state index in [1.54, 1.807) is 12.4 Å². The Morgan fingerprint density at radius 2 is 2.07 bits per heavy atom. The fourth-order valence-corrected chi connectivity index (χ4v) is 1.38. The minimum atomic E-state index is 0.262. The molecule has 0 fully saturated rings. The van der Waals surface area contributed by atoms with Crippen LogP contribution < -0.4 is 5.32 Å². The van der Waals surface area contributed by atoms with E-state index in [0.717, 1.165) is 5.11 Å². The Labute approximate surface area is 90.1 Å². The number of aromatic nitrogens is 1. The second kappa shape index (κ2) is 4.91. The van der Waals surface area contributed by atoms with Gasteiger partial charge in [-0.3, -0.25) is 4.98 Å². The van der Waals surface area contributed by atoms with Crippen molar-refractivity contribution < 1.29 is 0 Å². The summed E-state index contributed by atoms with van der Waals surface area (Å²) in [5.74, 6) is 0. The topological polar surface area (TPSA) is 28.2 Å². The molecule has 1 N–H and O–H groups in total. The molecule has 1 aromatic heterocycles. The first-order chi connectivity index (χ1) is 6.66. The molecule has 1 aromatic rings. The molecule has 0 radical (unpaired) electrons. The number of nitrogens with zero attached hydrogens (tertiary/aromatic N) is 2. The fraction of sp³-hybridized carbons (Fsp3) is 0.400. The highest BCUT2D eigenvalue weighted by Crippen LogP contribution is 2.17. The molecule has 0 bridgehead atoms. The summed E-state index contributed by atoms with van der Waals surface area (Å²) in [5, 5.41) is 3.70. The van der Waals surface area contributed by atoms with Gasteiger partial charge >= 0.3 is 0 Å². The Morgan fingerprint density at radius 1 is 1.50 bits per heavy atom. The number of hydrogen-bond donors (Lipinski definition) is 1. The molecular weight excluding hydrogens is 194 g/mol. The minimum Gasteiger partial charge on any atom is -0.366 e. The average Bonchev–Trinajstić information content (AvgIpc) is 2.27. The molecule has 0 aliphatic carbocycles. The molecule has 3 nitrogen and oxygen atoms in total. The second-order valence-electron chi connectivity index (χ2n) is 3.12. The largest absolute Gasteiger partial charge is 0.366 e. The summed E-state index contributed by atoms with van der Waals surface area (Å²) in [7, 11) is 3.81. The number of pyridine rings is 1. The van der Waals surface area contributed by atoms with Gasteiger partial charge in [-0.15, -0.1) is 0 Å². The van der Waals surface area contributed by atoms with Crippen LogP contribution >= 0.6 is 12.2 Å². The van der Waals surface area contributed by atoms with Crippen molar-refractivity contribution in [1.29, 1.82) is 0 Å². The van der Waals surface area contributed by atoms with Gasteiger partial charge in [0.1, 0.15) is 0 Å². The van der Waals surface area contributed by atoms with Crippen LogP contribution in [0.15, 0.2) is 24.5 Å². The van der Waals surface area contributed by atoms with Gasteiger partial charge in [0, 0.05) is 26.5 Å². The molecule has 1 atom stereocenters. The number of hydrogen-bond acceptors (Lipinski definition) is 2. The Bertz CT molecular complexity index is 299. The van der Waals surface area contributed by atoms with E-state index in [9.17, 15) is 0 Å². The lowest BCUT2D eigenvalue weighted by atomic mass is 10.1. The van der Waals surface area contributed by atoms with Crippen LogP contribution in [0.5, 0.6) is 0 Å². The molecule has 0 aromatic carbocycles. The zero-order chi connectivity index (χ0) is 10.6. The van der Waals surface area contributed by atoms with E-state index < -0.39 is 0 Å². The van der Waals surface area contributed by atoms with E-state index in [4.69, 9.17) is 12.2 Å². The van der Waals surface area contributed by atoms with Gasteiger partial charge in [0.15, 0.2) is 5.11 Å². The van der Waals surface area contributed by atoms with Gasteiger partial charge in [-0.2, -0.15) is 0 Å². The quantitative estimate of drug-likeness (QED) is 0.749. The highest BCUT2D eigenvalue weighted by Gasteiger charge is 2.12. The summed E-state index contributed by atoms with van der Waals surface area (Å²) in [6, 6.07) is 4.26. The number of rotatable bonds is 2. The molecule has 0 amide bonds. The monoisotopic (exact) mass is 209 g/mol. The Kier molecular flexibility index (Phi) is 3.83. The zero-order valence-corrected chi connectivity index (χ0v) is 9.51. The lowest BCUT2D eigenvalue weighted by molar-refractivity contribution is 0.398. The molecule has 0 spiro atoms. The Morgan fingerprint density at radius 3 is 2.57 bits per heavy atom. The summed E-state index contributed by atoms with van der Waals surface area (Å²) in [4.78, 5) is 6.00. The minimum absolute atomic E-state index is 0.262. The highest BCUT2D eigenvalue weighted by atomic mass is 32.1. The first kappa shape index (κ1) is 10.9. The first-order valence-corrected chi connectivity index (χ1v) is 4.92. The molecule has 1 rings (SSSR count).